The van der Waals surface area contributed by atoms with Gasteiger partial charge < -0.3 is 19.3 Å². The van der Waals surface area contributed by atoms with E-state index in [1.807, 2.05) is 13.0 Å². The van der Waals surface area contributed by atoms with Crippen LogP contribution < -0.4 is 0 Å². The van der Waals surface area contributed by atoms with E-state index < -0.39 is 32.5 Å². The number of allylic oxidation sites excluding steroid dienone is 2. The van der Waals surface area contributed by atoms with E-state index in [0.717, 1.165) is 51.4 Å². The number of esters is 2. The number of ether oxygens (including phenoxy) is 2. The maximum atomic E-state index is 12.0. The third-order valence-electron chi connectivity index (χ3n) is 4.38. The minimum atomic E-state index is -4.71. The highest BCUT2D eigenvalue weighted by Crippen LogP contribution is 2.35. The third kappa shape index (κ3) is 20.1. The van der Waals surface area contributed by atoms with Crippen LogP contribution in [0.4, 0.5) is 0 Å². The summed E-state index contributed by atoms with van der Waals surface area (Å²) in [6.07, 6.45) is 13.2. The second kappa shape index (κ2) is 18.6. The Morgan fingerprint density at radius 3 is 2.13 bits per heavy atom. The molecule has 9 heteroatoms. The van der Waals surface area contributed by atoms with Crippen molar-refractivity contribution in [3.05, 3.63) is 12.2 Å². The lowest BCUT2D eigenvalue weighted by atomic mass is 10.1. The Balaban J connectivity index is 4.21. The van der Waals surface area contributed by atoms with E-state index >= 15 is 0 Å². The molecular weight excluding hydrogens is 411 g/mol. The van der Waals surface area contributed by atoms with Gasteiger partial charge >= 0.3 is 19.8 Å². The van der Waals surface area contributed by atoms with E-state index in [1.165, 1.54) is 0 Å². The molecule has 0 spiro atoms. The minimum Gasteiger partial charge on any atom is -0.462 e. The SMILES string of the molecule is C/C=C\CCCCCCCC(=O)O[C@H](COC(=O)CCCCCC)COP(=O)(O)O. The van der Waals surface area contributed by atoms with E-state index in [2.05, 4.69) is 17.5 Å². The highest BCUT2D eigenvalue weighted by atomic mass is 31.2. The zero-order valence-corrected chi connectivity index (χ0v) is 19.3. The number of unbranched alkanes of at least 4 members (excludes halogenated alkanes) is 8. The van der Waals surface area contributed by atoms with Gasteiger partial charge in [-0.2, -0.15) is 0 Å². The highest BCUT2D eigenvalue weighted by molar-refractivity contribution is 7.46. The van der Waals surface area contributed by atoms with Crippen LogP contribution in [0.2, 0.25) is 0 Å². The van der Waals surface area contributed by atoms with E-state index in [0.29, 0.717) is 12.8 Å². The van der Waals surface area contributed by atoms with Crippen molar-refractivity contribution >= 4 is 19.8 Å². The molecule has 2 N–H and O–H groups in total. The third-order valence-corrected chi connectivity index (χ3v) is 4.86. The normalized spacial score (nSPS) is 12.8. The number of rotatable bonds is 19. The Morgan fingerprint density at radius 1 is 0.900 bits per heavy atom. The van der Waals surface area contributed by atoms with Crippen molar-refractivity contribution < 1.29 is 37.9 Å². The van der Waals surface area contributed by atoms with Crippen molar-refractivity contribution in [2.45, 2.75) is 97.0 Å². The number of carbonyl (C=O) groups is 2. The van der Waals surface area contributed by atoms with Crippen LogP contribution in [0.5, 0.6) is 0 Å². The quantitative estimate of drug-likeness (QED) is 0.124. The topological polar surface area (TPSA) is 119 Å². The molecule has 0 unspecified atom stereocenters. The fraction of sp³-hybridized carbons (Fsp3) is 0.810. The van der Waals surface area contributed by atoms with Gasteiger partial charge in [0.05, 0.1) is 6.61 Å². The molecule has 0 bridgehead atoms. The van der Waals surface area contributed by atoms with Gasteiger partial charge in [0, 0.05) is 12.8 Å². The van der Waals surface area contributed by atoms with Crippen LogP contribution in [-0.4, -0.2) is 41.0 Å². The smallest absolute Gasteiger partial charge is 0.462 e. The molecular formula is C21H39O8P. The van der Waals surface area contributed by atoms with Crippen molar-refractivity contribution in [2.24, 2.45) is 0 Å². The standard InChI is InChI=1S/C21H39O8P/c1-3-5-7-9-10-11-12-14-16-21(23)29-19(18-28-30(24,25)26)17-27-20(22)15-13-8-6-4-2/h3,5,19H,4,6-18H2,1-2H3,(H2,24,25,26)/b5-3-/t19-/m1/s1. The summed E-state index contributed by atoms with van der Waals surface area (Å²) in [6.45, 7) is 3.25. The first-order valence-corrected chi connectivity index (χ1v) is 12.5. The largest absolute Gasteiger partial charge is 0.469 e. The van der Waals surface area contributed by atoms with E-state index in [1.54, 1.807) is 0 Å². The predicted octanol–water partition coefficient (Wildman–Crippen LogP) is 4.83. The summed E-state index contributed by atoms with van der Waals surface area (Å²) >= 11 is 0. The van der Waals surface area contributed by atoms with Crippen LogP contribution >= 0.6 is 7.82 Å². The molecule has 0 aliphatic rings. The molecule has 176 valence electrons. The Hall–Kier alpha value is -1.21. The van der Waals surface area contributed by atoms with Gasteiger partial charge in [0.2, 0.25) is 0 Å². The minimum absolute atomic E-state index is 0.201. The summed E-state index contributed by atoms with van der Waals surface area (Å²) in [7, 11) is -4.71. The van der Waals surface area contributed by atoms with Gasteiger partial charge in [-0.05, 0) is 32.6 Å². The van der Waals surface area contributed by atoms with Gasteiger partial charge in [0.1, 0.15) is 6.61 Å². The van der Waals surface area contributed by atoms with Crippen molar-refractivity contribution in [1.82, 2.24) is 0 Å². The van der Waals surface area contributed by atoms with Crippen molar-refractivity contribution in [1.29, 1.82) is 0 Å². The molecule has 0 saturated carbocycles. The lowest BCUT2D eigenvalue weighted by Crippen LogP contribution is -2.29. The monoisotopic (exact) mass is 450 g/mol. The molecule has 0 aromatic heterocycles. The average Bonchev–Trinajstić information content (AvgIpc) is 2.68. The van der Waals surface area contributed by atoms with E-state index in [9.17, 15) is 14.2 Å². The Labute approximate surface area is 180 Å². The molecule has 0 rings (SSSR count). The van der Waals surface area contributed by atoms with Crippen LogP contribution in [-0.2, 0) is 28.2 Å². The number of phosphoric ester groups is 1. The van der Waals surface area contributed by atoms with E-state index in [-0.39, 0.29) is 19.4 Å². The van der Waals surface area contributed by atoms with Gasteiger partial charge in [0.15, 0.2) is 6.10 Å². The van der Waals surface area contributed by atoms with Crippen molar-refractivity contribution in [3.63, 3.8) is 0 Å². The molecule has 0 heterocycles. The maximum absolute atomic E-state index is 12.0. The van der Waals surface area contributed by atoms with Crippen LogP contribution in [0.3, 0.4) is 0 Å². The van der Waals surface area contributed by atoms with Crippen LogP contribution in [0.15, 0.2) is 12.2 Å². The van der Waals surface area contributed by atoms with Crippen LogP contribution in [0, 0.1) is 0 Å². The van der Waals surface area contributed by atoms with Crippen molar-refractivity contribution in [3.8, 4) is 0 Å². The molecule has 8 nitrogen and oxygen atoms in total. The summed E-state index contributed by atoms with van der Waals surface area (Å²) in [5.74, 6) is -0.927. The second-order valence-electron chi connectivity index (χ2n) is 7.27. The molecule has 0 aromatic rings. The summed E-state index contributed by atoms with van der Waals surface area (Å²) in [5.41, 5.74) is 0. The number of phosphoric acid groups is 1. The molecule has 0 aliphatic heterocycles. The van der Waals surface area contributed by atoms with Gasteiger partial charge in [-0.3, -0.25) is 14.1 Å². The molecule has 0 aliphatic carbocycles. The first kappa shape index (κ1) is 28.8. The molecule has 0 fully saturated rings. The molecule has 30 heavy (non-hydrogen) atoms. The number of hydrogen-bond acceptors (Lipinski definition) is 6. The van der Waals surface area contributed by atoms with Gasteiger partial charge in [0.25, 0.3) is 0 Å². The fourth-order valence-corrected chi connectivity index (χ4v) is 3.08. The van der Waals surface area contributed by atoms with Crippen molar-refractivity contribution in [2.75, 3.05) is 13.2 Å². The Kier molecular flexibility index (Phi) is 17.8. The summed E-state index contributed by atoms with van der Waals surface area (Å²) in [4.78, 5) is 41.5. The fourth-order valence-electron chi connectivity index (χ4n) is 2.72. The van der Waals surface area contributed by atoms with Crippen LogP contribution in [0.25, 0.3) is 0 Å². The van der Waals surface area contributed by atoms with Crippen LogP contribution in [0.1, 0.15) is 90.9 Å². The van der Waals surface area contributed by atoms with Gasteiger partial charge in [-0.15, -0.1) is 0 Å². The molecule has 0 aromatic carbocycles. The molecule has 0 radical (unpaired) electrons. The first-order chi connectivity index (χ1) is 14.3. The highest BCUT2D eigenvalue weighted by Gasteiger charge is 2.22. The molecule has 1 atom stereocenters. The predicted molar refractivity (Wildman–Crippen MR) is 115 cm³/mol. The van der Waals surface area contributed by atoms with Gasteiger partial charge in [-0.25, -0.2) is 4.57 Å². The summed E-state index contributed by atoms with van der Waals surface area (Å²) in [5, 5.41) is 0. The maximum Gasteiger partial charge on any atom is 0.469 e. The molecule has 0 saturated heterocycles. The summed E-state index contributed by atoms with van der Waals surface area (Å²) in [6, 6.07) is 0. The zero-order chi connectivity index (χ0) is 22.7. The number of carbonyl (C=O) groups excluding carboxylic acids is 2. The average molecular weight is 451 g/mol. The Morgan fingerprint density at radius 2 is 1.50 bits per heavy atom. The first-order valence-electron chi connectivity index (χ1n) is 10.9. The molecule has 0 amide bonds. The zero-order valence-electron chi connectivity index (χ0n) is 18.4. The lowest BCUT2D eigenvalue weighted by Gasteiger charge is -2.18. The second-order valence-corrected chi connectivity index (χ2v) is 8.51. The lowest BCUT2D eigenvalue weighted by molar-refractivity contribution is -0.161. The van der Waals surface area contributed by atoms with Gasteiger partial charge in [-0.1, -0.05) is 57.6 Å². The van der Waals surface area contributed by atoms with E-state index in [4.69, 9.17) is 19.3 Å². The summed E-state index contributed by atoms with van der Waals surface area (Å²) < 4.78 is 25.6. The Bertz CT molecular complexity index is 529. The number of hydrogen-bond donors (Lipinski definition) is 2.